The number of esters is 1. The van der Waals surface area contributed by atoms with Crippen molar-refractivity contribution in [1.82, 2.24) is 4.57 Å². The standard InChI is InChI=1S/C37H30IN3O6S/c1-5-46-36(43)31-21(2)40-37-41(33(31)32-27-13-9-8-10-22(27)14-15-28(32)44-3)35(42)30(48-37)17-25-16-26(38)18-29(45-4)34(25)47-20-24-12-7-6-11-23(24)19-39/h6-18,33H,5,20H2,1-4H3/b30-17-/t33-/m1/s1. The van der Waals surface area contributed by atoms with Gasteiger partial charge in [-0.15, -0.1) is 0 Å². The van der Waals surface area contributed by atoms with E-state index in [9.17, 15) is 14.9 Å². The van der Waals surface area contributed by atoms with Crippen LogP contribution in [0, 0.1) is 14.9 Å². The van der Waals surface area contributed by atoms with Crippen molar-refractivity contribution < 1.29 is 23.7 Å². The van der Waals surface area contributed by atoms with E-state index in [1.807, 2.05) is 60.7 Å². The van der Waals surface area contributed by atoms with Gasteiger partial charge in [-0.1, -0.05) is 59.9 Å². The molecule has 1 aliphatic heterocycles. The molecule has 6 rings (SSSR count). The number of rotatable bonds is 9. The number of allylic oxidation sites excluding steroid dienone is 1. The van der Waals surface area contributed by atoms with E-state index in [0.717, 1.165) is 19.9 Å². The van der Waals surface area contributed by atoms with Crippen molar-refractivity contribution in [3.8, 4) is 23.3 Å². The largest absolute Gasteiger partial charge is 0.496 e. The number of fused-ring (bicyclic) bond motifs is 2. The van der Waals surface area contributed by atoms with Gasteiger partial charge in [0.05, 0.1) is 48.3 Å². The fourth-order valence-corrected chi connectivity index (χ4v) is 7.50. The van der Waals surface area contributed by atoms with E-state index < -0.39 is 12.0 Å². The smallest absolute Gasteiger partial charge is 0.338 e. The van der Waals surface area contributed by atoms with Crippen LogP contribution in [-0.4, -0.2) is 31.4 Å². The summed E-state index contributed by atoms with van der Waals surface area (Å²) >= 11 is 3.40. The topological polar surface area (TPSA) is 112 Å². The van der Waals surface area contributed by atoms with Gasteiger partial charge in [0.25, 0.3) is 5.56 Å². The molecule has 0 radical (unpaired) electrons. The van der Waals surface area contributed by atoms with Gasteiger partial charge in [0, 0.05) is 20.3 Å². The summed E-state index contributed by atoms with van der Waals surface area (Å²) in [5.74, 6) is 0.880. The zero-order chi connectivity index (χ0) is 33.9. The molecule has 48 heavy (non-hydrogen) atoms. The van der Waals surface area contributed by atoms with Crippen molar-refractivity contribution in [2.24, 2.45) is 4.99 Å². The van der Waals surface area contributed by atoms with Gasteiger partial charge in [-0.3, -0.25) is 9.36 Å². The maximum atomic E-state index is 14.5. The first-order valence-electron chi connectivity index (χ1n) is 15.0. The Hall–Kier alpha value is -4.93. The Balaban J connectivity index is 1.58. The first-order valence-corrected chi connectivity index (χ1v) is 16.9. The minimum absolute atomic E-state index is 0.117. The van der Waals surface area contributed by atoms with E-state index in [1.165, 1.54) is 11.3 Å². The van der Waals surface area contributed by atoms with Crippen molar-refractivity contribution >= 4 is 56.7 Å². The molecule has 0 N–H and O–H groups in total. The first kappa shape index (κ1) is 33.0. The molecule has 1 aromatic heterocycles. The number of halogens is 1. The Morgan fingerprint density at radius 2 is 1.81 bits per heavy atom. The number of carbonyl (C=O) groups excluding carboxylic acids is 1. The molecule has 0 saturated carbocycles. The van der Waals surface area contributed by atoms with Gasteiger partial charge in [-0.2, -0.15) is 5.26 Å². The SMILES string of the molecule is CCOC(=O)C1=C(C)N=c2s/c(=C\c3cc(I)cc(OC)c3OCc3ccccc3C#N)c(=O)n2[C@H]1c1c(OC)ccc2ccccc12. The Labute approximate surface area is 294 Å². The number of ether oxygens (including phenoxy) is 4. The van der Waals surface area contributed by atoms with Crippen LogP contribution in [-0.2, 0) is 16.1 Å². The van der Waals surface area contributed by atoms with Crippen molar-refractivity contribution in [2.45, 2.75) is 26.5 Å². The lowest BCUT2D eigenvalue weighted by Gasteiger charge is -2.27. The third kappa shape index (κ3) is 6.09. The zero-order valence-electron chi connectivity index (χ0n) is 26.6. The quantitative estimate of drug-likeness (QED) is 0.133. The van der Waals surface area contributed by atoms with Crippen LogP contribution < -0.4 is 29.1 Å². The lowest BCUT2D eigenvalue weighted by Crippen LogP contribution is -2.40. The van der Waals surface area contributed by atoms with Crippen LogP contribution >= 0.6 is 33.9 Å². The van der Waals surface area contributed by atoms with Gasteiger partial charge >= 0.3 is 5.97 Å². The van der Waals surface area contributed by atoms with Crippen LogP contribution in [0.3, 0.4) is 0 Å². The number of nitriles is 1. The molecule has 0 spiro atoms. The van der Waals surface area contributed by atoms with E-state index in [0.29, 0.717) is 49.0 Å². The van der Waals surface area contributed by atoms with Gasteiger partial charge in [0.15, 0.2) is 16.3 Å². The molecule has 2 heterocycles. The summed E-state index contributed by atoms with van der Waals surface area (Å²) in [6.45, 7) is 3.77. The van der Waals surface area contributed by atoms with Gasteiger partial charge in [-0.25, -0.2) is 9.79 Å². The highest BCUT2D eigenvalue weighted by Gasteiger charge is 2.36. The van der Waals surface area contributed by atoms with E-state index in [1.54, 1.807) is 50.8 Å². The van der Waals surface area contributed by atoms with Crippen molar-refractivity contribution in [3.05, 3.63) is 130 Å². The molecule has 9 nitrogen and oxygen atoms in total. The molecule has 1 aliphatic rings. The fourth-order valence-electron chi connectivity index (χ4n) is 5.85. The van der Waals surface area contributed by atoms with Crippen LogP contribution in [0.5, 0.6) is 17.2 Å². The number of nitrogens with zero attached hydrogens (tertiary/aromatic N) is 3. The molecule has 0 aliphatic carbocycles. The maximum Gasteiger partial charge on any atom is 0.338 e. The fraction of sp³-hybridized carbons (Fsp3) is 0.189. The average molecular weight is 772 g/mol. The number of methoxy groups -OCH3 is 2. The van der Waals surface area contributed by atoms with Crippen LogP contribution in [0.1, 0.15) is 42.1 Å². The first-order chi connectivity index (χ1) is 23.3. The number of carbonyl (C=O) groups is 1. The van der Waals surface area contributed by atoms with Gasteiger partial charge in [0.2, 0.25) is 0 Å². The summed E-state index contributed by atoms with van der Waals surface area (Å²) in [4.78, 5) is 33.3. The number of hydrogen-bond donors (Lipinski definition) is 0. The molecule has 1 atom stereocenters. The predicted octanol–water partition coefficient (Wildman–Crippen LogP) is 6.02. The van der Waals surface area contributed by atoms with E-state index in [2.05, 4.69) is 28.7 Å². The van der Waals surface area contributed by atoms with Gasteiger partial charge in [0.1, 0.15) is 18.4 Å². The highest BCUT2D eigenvalue weighted by atomic mass is 127. The van der Waals surface area contributed by atoms with Crippen LogP contribution in [0.4, 0.5) is 0 Å². The molecule has 0 fully saturated rings. The van der Waals surface area contributed by atoms with Crippen LogP contribution in [0.15, 0.2) is 93.9 Å². The maximum absolute atomic E-state index is 14.5. The molecule has 0 saturated heterocycles. The molecule has 0 bridgehead atoms. The predicted molar refractivity (Wildman–Crippen MR) is 192 cm³/mol. The second-order valence-corrected chi connectivity index (χ2v) is 13.0. The molecular weight excluding hydrogens is 741 g/mol. The van der Waals surface area contributed by atoms with Crippen molar-refractivity contribution in [1.29, 1.82) is 5.26 Å². The third-order valence-electron chi connectivity index (χ3n) is 8.01. The van der Waals surface area contributed by atoms with Crippen LogP contribution in [0.2, 0.25) is 0 Å². The summed E-state index contributed by atoms with van der Waals surface area (Å²) in [6, 6.07) is 23.9. The monoisotopic (exact) mass is 771 g/mol. The number of hydrogen-bond acceptors (Lipinski definition) is 9. The van der Waals surface area contributed by atoms with Gasteiger partial charge < -0.3 is 18.9 Å². The minimum Gasteiger partial charge on any atom is -0.496 e. The van der Waals surface area contributed by atoms with E-state index in [4.69, 9.17) is 23.9 Å². The molecule has 4 aromatic carbocycles. The molecule has 0 unspecified atom stereocenters. The second kappa shape index (κ2) is 14.0. The van der Waals surface area contributed by atoms with Crippen molar-refractivity contribution in [3.63, 3.8) is 0 Å². The van der Waals surface area contributed by atoms with Crippen LogP contribution in [0.25, 0.3) is 16.8 Å². The highest BCUT2D eigenvalue weighted by Crippen LogP contribution is 2.40. The average Bonchev–Trinajstić information content (AvgIpc) is 3.40. The van der Waals surface area contributed by atoms with E-state index >= 15 is 0 Å². The molecular formula is C37H30IN3O6S. The second-order valence-electron chi connectivity index (χ2n) is 10.8. The lowest BCUT2D eigenvalue weighted by molar-refractivity contribution is -0.139. The normalized spacial score (nSPS) is 14.2. The minimum atomic E-state index is -0.868. The zero-order valence-corrected chi connectivity index (χ0v) is 29.5. The summed E-state index contributed by atoms with van der Waals surface area (Å²) in [5.41, 5.74) is 2.88. The third-order valence-corrected chi connectivity index (χ3v) is 9.61. The highest BCUT2D eigenvalue weighted by molar-refractivity contribution is 14.1. The Bertz CT molecular complexity index is 2340. The summed E-state index contributed by atoms with van der Waals surface area (Å²) in [7, 11) is 3.12. The Morgan fingerprint density at radius 3 is 2.56 bits per heavy atom. The lowest BCUT2D eigenvalue weighted by atomic mass is 9.90. The molecule has 0 amide bonds. The Morgan fingerprint density at radius 1 is 1.06 bits per heavy atom. The van der Waals surface area contributed by atoms with Gasteiger partial charge in [-0.05, 0) is 77.6 Å². The number of benzene rings is 4. The summed E-state index contributed by atoms with van der Waals surface area (Å²) in [6.07, 6.45) is 1.75. The Kier molecular flexibility index (Phi) is 9.66. The molecule has 11 heteroatoms. The molecule has 242 valence electrons. The number of aromatic nitrogens is 1. The van der Waals surface area contributed by atoms with E-state index in [-0.39, 0.29) is 24.3 Å². The number of thiazole rings is 1. The van der Waals surface area contributed by atoms with Crippen molar-refractivity contribution in [2.75, 3.05) is 20.8 Å². The summed E-state index contributed by atoms with van der Waals surface area (Å²) in [5, 5.41) is 11.4. The summed E-state index contributed by atoms with van der Waals surface area (Å²) < 4.78 is 26.1. The molecule has 5 aromatic rings.